The standard InChI is InChI=1S/C18H18N2O4/c1-10-9-12-14(17(21)20(10)2)13(11-7-5-4-6-8-11)15(16(19)24-12)18(22)23-3/h4-9,13H,19H2,1-3H3. The van der Waals surface area contributed by atoms with Gasteiger partial charge in [0, 0.05) is 18.8 Å². The highest BCUT2D eigenvalue weighted by molar-refractivity contribution is 5.92. The zero-order chi connectivity index (χ0) is 17.4. The summed E-state index contributed by atoms with van der Waals surface area (Å²) >= 11 is 0. The van der Waals surface area contributed by atoms with Gasteiger partial charge in [0.15, 0.2) is 0 Å². The van der Waals surface area contributed by atoms with Crippen LogP contribution in [-0.2, 0) is 16.6 Å². The molecule has 1 aliphatic rings. The molecule has 1 aromatic carbocycles. The number of carbonyl (C=O) groups excluding carboxylic acids is 1. The van der Waals surface area contributed by atoms with E-state index in [1.54, 1.807) is 20.0 Å². The van der Waals surface area contributed by atoms with Crippen LogP contribution in [0.5, 0.6) is 5.75 Å². The molecule has 1 atom stereocenters. The van der Waals surface area contributed by atoms with Crippen molar-refractivity contribution in [2.24, 2.45) is 12.8 Å². The van der Waals surface area contributed by atoms with Crippen LogP contribution >= 0.6 is 0 Å². The predicted octanol–water partition coefficient (Wildman–Crippen LogP) is 1.56. The lowest BCUT2D eigenvalue weighted by Gasteiger charge is -2.28. The first-order valence-electron chi connectivity index (χ1n) is 7.47. The Morgan fingerprint density at radius 2 is 1.96 bits per heavy atom. The van der Waals surface area contributed by atoms with Crippen LogP contribution < -0.4 is 16.0 Å². The minimum absolute atomic E-state index is 0.0455. The number of carbonyl (C=O) groups is 1. The van der Waals surface area contributed by atoms with E-state index in [0.29, 0.717) is 11.3 Å². The summed E-state index contributed by atoms with van der Waals surface area (Å²) in [4.78, 5) is 25.1. The van der Waals surface area contributed by atoms with E-state index in [1.807, 2.05) is 30.3 Å². The Bertz CT molecular complexity index is 897. The van der Waals surface area contributed by atoms with E-state index in [2.05, 4.69) is 0 Å². The monoisotopic (exact) mass is 326 g/mol. The van der Waals surface area contributed by atoms with Crippen molar-refractivity contribution >= 4 is 5.97 Å². The molecule has 0 fully saturated rings. The van der Waals surface area contributed by atoms with Crippen molar-refractivity contribution in [1.29, 1.82) is 0 Å². The molecule has 0 spiro atoms. The molecule has 3 rings (SSSR count). The molecule has 124 valence electrons. The zero-order valence-corrected chi connectivity index (χ0v) is 13.7. The van der Waals surface area contributed by atoms with Crippen LogP contribution in [-0.4, -0.2) is 17.6 Å². The van der Waals surface area contributed by atoms with Crippen molar-refractivity contribution in [3.8, 4) is 5.75 Å². The minimum Gasteiger partial charge on any atom is -0.465 e. The maximum atomic E-state index is 12.8. The van der Waals surface area contributed by atoms with Crippen molar-refractivity contribution in [2.75, 3.05) is 7.11 Å². The van der Waals surface area contributed by atoms with Gasteiger partial charge in [0.05, 0.1) is 18.6 Å². The van der Waals surface area contributed by atoms with Crippen LogP contribution in [0.2, 0.25) is 0 Å². The van der Waals surface area contributed by atoms with E-state index in [-0.39, 0.29) is 17.0 Å². The molecule has 0 amide bonds. The third-order valence-electron chi connectivity index (χ3n) is 4.27. The Balaban J connectivity index is 2.35. The van der Waals surface area contributed by atoms with Gasteiger partial charge in [-0.1, -0.05) is 30.3 Å². The number of pyridine rings is 1. The number of benzene rings is 1. The van der Waals surface area contributed by atoms with E-state index in [1.165, 1.54) is 11.7 Å². The van der Waals surface area contributed by atoms with Gasteiger partial charge in [-0.2, -0.15) is 0 Å². The number of hydrogen-bond donors (Lipinski definition) is 1. The van der Waals surface area contributed by atoms with Crippen LogP contribution in [0.15, 0.2) is 52.6 Å². The fourth-order valence-electron chi connectivity index (χ4n) is 2.93. The minimum atomic E-state index is -0.637. The molecule has 24 heavy (non-hydrogen) atoms. The maximum Gasteiger partial charge on any atom is 0.340 e. The molecule has 0 bridgehead atoms. The van der Waals surface area contributed by atoms with Gasteiger partial charge in [0.25, 0.3) is 5.56 Å². The molecule has 0 aliphatic carbocycles. The molecule has 6 heteroatoms. The fraction of sp³-hybridized carbons (Fsp3) is 0.222. The number of hydrogen-bond acceptors (Lipinski definition) is 5. The average Bonchev–Trinajstić information content (AvgIpc) is 2.59. The lowest BCUT2D eigenvalue weighted by molar-refractivity contribution is -0.136. The number of nitrogens with zero attached hydrogens (tertiary/aromatic N) is 1. The molecule has 0 saturated heterocycles. The van der Waals surface area contributed by atoms with Gasteiger partial charge in [0.1, 0.15) is 11.3 Å². The van der Waals surface area contributed by atoms with Gasteiger partial charge in [0.2, 0.25) is 5.88 Å². The van der Waals surface area contributed by atoms with Crippen molar-refractivity contribution in [3.63, 3.8) is 0 Å². The highest BCUT2D eigenvalue weighted by atomic mass is 16.5. The predicted molar refractivity (Wildman–Crippen MR) is 88.6 cm³/mol. The van der Waals surface area contributed by atoms with E-state index in [9.17, 15) is 9.59 Å². The molecule has 2 N–H and O–H groups in total. The SMILES string of the molecule is COC(=O)C1=C(N)Oc2cc(C)n(C)c(=O)c2C1c1ccccc1. The number of aryl methyl sites for hydroxylation is 1. The Morgan fingerprint density at radius 1 is 1.29 bits per heavy atom. The Hall–Kier alpha value is -3.02. The van der Waals surface area contributed by atoms with Gasteiger partial charge in [-0.25, -0.2) is 4.79 Å². The lowest BCUT2D eigenvalue weighted by atomic mass is 9.83. The molecule has 0 saturated carbocycles. The molecular formula is C18H18N2O4. The fourth-order valence-corrected chi connectivity index (χ4v) is 2.93. The second-order valence-corrected chi connectivity index (χ2v) is 5.64. The largest absolute Gasteiger partial charge is 0.465 e. The Kier molecular flexibility index (Phi) is 3.89. The van der Waals surface area contributed by atoms with Crippen molar-refractivity contribution in [2.45, 2.75) is 12.8 Å². The molecule has 6 nitrogen and oxygen atoms in total. The number of fused-ring (bicyclic) bond motifs is 1. The molecule has 2 heterocycles. The summed E-state index contributed by atoms with van der Waals surface area (Å²) in [6.07, 6.45) is 0. The van der Waals surface area contributed by atoms with Crippen LogP contribution in [0.3, 0.4) is 0 Å². The molecule has 0 radical (unpaired) electrons. The molecular weight excluding hydrogens is 308 g/mol. The van der Waals surface area contributed by atoms with E-state index in [0.717, 1.165) is 11.3 Å². The number of ether oxygens (including phenoxy) is 2. The van der Waals surface area contributed by atoms with Crippen LogP contribution in [0.25, 0.3) is 0 Å². The molecule has 2 aromatic rings. The van der Waals surface area contributed by atoms with Crippen molar-refractivity contribution in [1.82, 2.24) is 4.57 Å². The normalized spacial score (nSPS) is 16.4. The topological polar surface area (TPSA) is 83.5 Å². The quantitative estimate of drug-likeness (QED) is 0.847. The average molecular weight is 326 g/mol. The second-order valence-electron chi connectivity index (χ2n) is 5.64. The van der Waals surface area contributed by atoms with Crippen molar-refractivity contribution < 1.29 is 14.3 Å². The summed E-state index contributed by atoms with van der Waals surface area (Å²) in [6, 6.07) is 11.0. The molecule has 1 aliphatic heterocycles. The summed E-state index contributed by atoms with van der Waals surface area (Å²) in [5.74, 6) is -0.929. The van der Waals surface area contributed by atoms with Crippen LogP contribution in [0, 0.1) is 6.92 Å². The van der Waals surface area contributed by atoms with Gasteiger partial charge >= 0.3 is 5.97 Å². The second kappa shape index (κ2) is 5.88. The van der Waals surface area contributed by atoms with Gasteiger partial charge in [-0.15, -0.1) is 0 Å². The Labute approximate surface area is 139 Å². The molecule has 1 unspecified atom stereocenters. The first-order valence-corrected chi connectivity index (χ1v) is 7.47. The smallest absolute Gasteiger partial charge is 0.340 e. The van der Waals surface area contributed by atoms with Crippen LogP contribution in [0.4, 0.5) is 0 Å². The number of esters is 1. The summed E-state index contributed by atoms with van der Waals surface area (Å²) in [7, 11) is 2.95. The van der Waals surface area contributed by atoms with Gasteiger partial charge in [-0.3, -0.25) is 4.79 Å². The van der Waals surface area contributed by atoms with Gasteiger partial charge in [-0.05, 0) is 12.5 Å². The van der Waals surface area contributed by atoms with E-state index in [4.69, 9.17) is 15.2 Å². The highest BCUT2D eigenvalue weighted by Gasteiger charge is 2.37. The van der Waals surface area contributed by atoms with E-state index < -0.39 is 11.9 Å². The summed E-state index contributed by atoms with van der Waals surface area (Å²) < 4.78 is 12.0. The lowest BCUT2D eigenvalue weighted by Crippen LogP contribution is -2.34. The van der Waals surface area contributed by atoms with Crippen molar-refractivity contribution in [3.05, 3.63) is 75.0 Å². The number of aromatic nitrogens is 1. The third-order valence-corrected chi connectivity index (χ3v) is 4.27. The first-order chi connectivity index (χ1) is 11.5. The number of rotatable bonds is 2. The summed E-state index contributed by atoms with van der Waals surface area (Å²) in [5, 5.41) is 0. The number of methoxy groups -OCH3 is 1. The number of nitrogens with two attached hydrogens (primary N) is 1. The Morgan fingerprint density at radius 3 is 2.58 bits per heavy atom. The summed E-state index contributed by atoms with van der Waals surface area (Å²) in [6.45, 7) is 1.80. The van der Waals surface area contributed by atoms with Gasteiger partial charge < -0.3 is 19.8 Å². The third kappa shape index (κ3) is 2.36. The first kappa shape index (κ1) is 15.9. The van der Waals surface area contributed by atoms with E-state index >= 15 is 0 Å². The zero-order valence-electron chi connectivity index (χ0n) is 13.7. The van der Waals surface area contributed by atoms with Crippen LogP contribution in [0.1, 0.15) is 22.7 Å². The maximum absolute atomic E-state index is 12.8. The molecule has 1 aromatic heterocycles. The summed E-state index contributed by atoms with van der Waals surface area (Å²) in [5.41, 5.74) is 7.78. The highest BCUT2D eigenvalue weighted by Crippen LogP contribution is 2.40.